The number of anilines is 1. The van der Waals surface area contributed by atoms with E-state index in [0.717, 1.165) is 25.9 Å². The molecule has 1 aromatic carbocycles. The van der Waals surface area contributed by atoms with Crippen molar-refractivity contribution in [1.29, 1.82) is 0 Å². The Hall–Kier alpha value is -1.46. The van der Waals surface area contributed by atoms with E-state index in [-0.39, 0.29) is 24.7 Å². The minimum Gasteiger partial charge on any atom is -0.396 e. The van der Waals surface area contributed by atoms with Crippen molar-refractivity contribution < 1.29 is 14.3 Å². The van der Waals surface area contributed by atoms with Crippen molar-refractivity contribution in [3.05, 3.63) is 30.1 Å². The Balaban J connectivity index is 1.81. The number of carbonyl (C=O) groups excluding carboxylic acids is 1. The number of rotatable bonds is 4. The van der Waals surface area contributed by atoms with Crippen LogP contribution in [-0.4, -0.2) is 42.2 Å². The molecular weight excluding hydrogens is 247 g/mol. The number of benzene rings is 1. The second-order valence-corrected chi connectivity index (χ2v) is 4.93. The molecule has 2 N–H and O–H groups in total. The number of hydrogen-bond donors (Lipinski definition) is 2. The standard InChI is InChI=1S/C14H19FN2O2/c15-12-3-1-2-4-13(12)16-14(19)9-17-7-5-11(10-18)6-8-17/h1-4,11,18H,5-10H2,(H,16,19). The van der Waals surface area contributed by atoms with Crippen LogP contribution in [0.25, 0.3) is 0 Å². The Labute approximate surface area is 112 Å². The van der Waals surface area contributed by atoms with Crippen molar-refractivity contribution in [3.63, 3.8) is 0 Å². The molecule has 0 atom stereocenters. The van der Waals surface area contributed by atoms with Gasteiger partial charge in [0.1, 0.15) is 5.82 Å². The van der Waals surface area contributed by atoms with E-state index in [1.165, 1.54) is 6.07 Å². The average Bonchev–Trinajstić information content (AvgIpc) is 2.42. The van der Waals surface area contributed by atoms with E-state index in [1.54, 1.807) is 18.2 Å². The summed E-state index contributed by atoms with van der Waals surface area (Å²) < 4.78 is 13.4. The highest BCUT2D eigenvalue weighted by atomic mass is 19.1. The van der Waals surface area contributed by atoms with Gasteiger partial charge in [-0.1, -0.05) is 12.1 Å². The van der Waals surface area contributed by atoms with Gasteiger partial charge in [-0.25, -0.2) is 4.39 Å². The number of nitrogens with zero attached hydrogens (tertiary/aromatic N) is 1. The van der Waals surface area contributed by atoms with E-state index in [2.05, 4.69) is 5.32 Å². The molecule has 0 aromatic heterocycles. The Kier molecular flexibility index (Phi) is 4.87. The van der Waals surface area contributed by atoms with Crippen LogP contribution >= 0.6 is 0 Å². The van der Waals surface area contributed by atoms with E-state index >= 15 is 0 Å². The SMILES string of the molecule is O=C(CN1CCC(CO)CC1)Nc1ccccc1F. The van der Waals surface area contributed by atoms with Gasteiger partial charge in [-0.15, -0.1) is 0 Å². The predicted octanol–water partition coefficient (Wildman–Crippen LogP) is 1.47. The van der Waals surface area contributed by atoms with Gasteiger partial charge in [0, 0.05) is 6.61 Å². The summed E-state index contributed by atoms with van der Waals surface area (Å²) in [7, 11) is 0. The summed E-state index contributed by atoms with van der Waals surface area (Å²) in [6.07, 6.45) is 1.81. The zero-order chi connectivity index (χ0) is 13.7. The molecule has 0 spiro atoms. The van der Waals surface area contributed by atoms with E-state index < -0.39 is 5.82 Å². The molecule has 1 saturated heterocycles. The first-order chi connectivity index (χ1) is 9.19. The summed E-state index contributed by atoms with van der Waals surface area (Å²) >= 11 is 0. The fourth-order valence-electron chi connectivity index (χ4n) is 2.28. The number of amides is 1. The van der Waals surface area contributed by atoms with Gasteiger partial charge in [-0.2, -0.15) is 0 Å². The second kappa shape index (κ2) is 6.63. The van der Waals surface area contributed by atoms with Crippen molar-refractivity contribution in [1.82, 2.24) is 4.90 Å². The van der Waals surface area contributed by atoms with Crippen molar-refractivity contribution >= 4 is 11.6 Å². The topological polar surface area (TPSA) is 52.6 Å². The molecule has 1 aromatic rings. The summed E-state index contributed by atoms with van der Waals surface area (Å²) in [6.45, 7) is 2.09. The van der Waals surface area contributed by atoms with Gasteiger partial charge in [0.25, 0.3) is 0 Å². The molecule has 2 rings (SSSR count). The van der Waals surface area contributed by atoms with Crippen LogP contribution in [0, 0.1) is 11.7 Å². The first kappa shape index (κ1) is 14.0. The van der Waals surface area contributed by atoms with Gasteiger partial charge >= 0.3 is 0 Å². The second-order valence-electron chi connectivity index (χ2n) is 4.93. The summed E-state index contributed by atoms with van der Waals surface area (Å²) in [5.41, 5.74) is 0.220. The highest BCUT2D eigenvalue weighted by Crippen LogP contribution is 2.16. The van der Waals surface area contributed by atoms with Crippen LogP contribution in [0.3, 0.4) is 0 Å². The van der Waals surface area contributed by atoms with Gasteiger partial charge in [0.05, 0.1) is 12.2 Å². The molecule has 1 aliphatic heterocycles. The monoisotopic (exact) mass is 266 g/mol. The predicted molar refractivity (Wildman–Crippen MR) is 71.3 cm³/mol. The largest absolute Gasteiger partial charge is 0.396 e. The number of halogens is 1. The fourth-order valence-corrected chi connectivity index (χ4v) is 2.28. The molecule has 1 aliphatic rings. The van der Waals surface area contributed by atoms with Gasteiger partial charge < -0.3 is 10.4 Å². The Morgan fingerprint density at radius 1 is 1.37 bits per heavy atom. The third-order valence-corrected chi connectivity index (χ3v) is 3.48. The summed E-state index contributed by atoms with van der Waals surface area (Å²) in [5.74, 6) is -0.270. The van der Waals surface area contributed by atoms with Crippen LogP contribution in [0.5, 0.6) is 0 Å². The lowest BCUT2D eigenvalue weighted by molar-refractivity contribution is -0.117. The highest BCUT2D eigenvalue weighted by Gasteiger charge is 2.20. The van der Waals surface area contributed by atoms with Crippen LogP contribution in [0.1, 0.15) is 12.8 Å². The molecule has 0 bridgehead atoms. The molecule has 0 unspecified atom stereocenters. The molecule has 104 valence electrons. The van der Waals surface area contributed by atoms with E-state index in [0.29, 0.717) is 5.92 Å². The number of aliphatic hydroxyl groups is 1. The normalized spacial score (nSPS) is 17.4. The number of piperidine rings is 1. The Morgan fingerprint density at radius 3 is 2.68 bits per heavy atom. The number of hydrogen-bond acceptors (Lipinski definition) is 3. The number of nitrogens with one attached hydrogen (secondary N) is 1. The van der Waals surface area contributed by atoms with Crippen LogP contribution in [0.15, 0.2) is 24.3 Å². The molecule has 0 saturated carbocycles. The van der Waals surface area contributed by atoms with Gasteiger partial charge in [0.15, 0.2) is 0 Å². The molecule has 1 fully saturated rings. The van der Waals surface area contributed by atoms with Crippen molar-refractivity contribution in [2.45, 2.75) is 12.8 Å². The lowest BCUT2D eigenvalue weighted by Crippen LogP contribution is -2.39. The van der Waals surface area contributed by atoms with Crippen LogP contribution < -0.4 is 5.32 Å². The van der Waals surface area contributed by atoms with E-state index in [1.807, 2.05) is 4.90 Å². The zero-order valence-corrected chi connectivity index (χ0v) is 10.8. The quantitative estimate of drug-likeness (QED) is 0.867. The van der Waals surface area contributed by atoms with Crippen LogP contribution in [0.2, 0.25) is 0 Å². The molecule has 1 amide bonds. The van der Waals surface area contributed by atoms with Crippen LogP contribution in [-0.2, 0) is 4.79 Å². The third kappa shape index (κ3) is 4.01. The summed E-state index contributed by atoms with van der Waals surface area (Å²) in [4.78, 5) is 13.8. The lowest BCUT2D eigenvalue weighted by Gasteiger charge is -2.30. The van der Waals surface area contributed by atoms with E-state index in [9.17, 15) is 9.18 Å². The molecule has 1 heterocycles. The van der Waals surface area contributed by atoms with Crippen molar-refractivity contribution in [2.75, 3.05) is 31.6 Å². The van der Waals surface area contributed by atoms with Gasteiger partial charge in [0.2, 0.25) is 5.91 Å². The van der Waals surface area contributed by atoms with Crippen molar-refractivity contribution in [3.8, 4) is 0 Å². The molecular formula is C14H19FN2O2. The number of para-hydroxylation sites is 1. The summed E-state index contributed by atoms with van der Waals surface area (Å²) in [6, 6.07) is 6.14. The highest BCUT2D eigenvalue weighted by molar-refractivity contribution is 5.92. The number of carbonyl (C=O) groups is 1. The molecule has 5 heteroatoms. The molecule has 4 nitrogen and oxygen atoms in total. The molecule has 0 aliphatic carbocycles. The smallest absolute Gasteiger partial charge is 0.238 e. The minimum absolute atomic E-state index is 0.201. The lowest BCUT2D eigenvalue weighted by atomic mass is 9.98. The fraction of sp³-hybridized carbons (Fsp3) is 0.500. The molecule has 19 heavy (non-hydrogen) atoms. The third-order valence-electron chi connectivity index (χ3n) is 3.48. The first-order valence-electron chi connectivity index (χ1n) is 6.56. The summed E-state index contributed by atoms with van der Waals surface area (Å²) in [5, 5.41) is 11.6. The zero-order valence-electron chi connectivity index (χ0n) is 10.8. The number of likely N-dealkylation sites (tertiary alicyclic amines) is 1. The van der Waals surface area contributed by atoms with Gasteiger partial charge in [-0.05, 0) is 44.0 Å². The first-order valence-corrected chi connectivity index (χ1v) is 6.56. The Bertz CT molecular complexity index is 431. The number of aliphatic hydroxyl groups excluding tert-OH is 1. The van der Waals surface area contributed by atoms with Crippen LogP contribution in [0.4, 0.5) is 10.1 Å². The maximum Gasteiger partial charge on any atom is 0.238 e. The minimum atomic E-state index is -0.421. The van der Waals surface area contributed by atoms with Gasteiger partial charge in [-0.3, -0.25) is 9.69 Å². The average molecular weight is 266 g/mol. The maximum atomic E-state index is 13.4. The maximum absolute atomic E-state index is 13.4. The van der Waals surface area contributed by atoms with Crippen molar-refractivity contribution in [2.24, 2.45) is 5.92 Å². The Morgan fingerprint density at radius 2 is 2.05 bits per heavy atom. The van der Waals surface area contributed by atoms with E-state index in [4.69, 9.17) is 5.11 Å². The molecule has 0 radical (unpaired) electrons.